The molecule has 2 aliphatic heterocycles. The smallest absolute Gasteiger partial charge is 0.229 e. The number of hydrogen-bond acceptors (Lipinski definition) is 4. The van der Waals surface area contributed by atoms with Gasteiger partial charge in [-0.05, 0) is 45.9 Å². The topological polar surface area (TPSA) is 75.7 Å². The van der Waals surface area contributed by atoms with Crippen LogP contribution in [0.1, 0.15) is 50.9 Å². The number of benzene rings is 1. The van der Waals surface area contributed by atoms with Gasteiger partial charge in [-0.2, -0.15) is 0 Å². The first-order valence-electron chi connectivity index (χ1n) is 8.63. The number of ether oxygens (including phenoxy) is 1. The molecule has 1 aromatic carbocycles. The Balaban J connectivity index is 1.72. The molecule has 1 N–H and O–H groups in total. The molecule has 0 bridgehead atoms. The lowest BCUT2D eigenvalue weighted by Gasteiger charge is -2.31. The van der Waals surface area contributed by atoms with Crippen molar-refractivity contribution in [3.8, 4) is 5.75 Å². The fourth-order valence-electron chi connectivity index (χ4n) is 3.38. The molecule has 6 heteroatoms. The summed E-state index contributed by atoms with van der Waals surface area (Å²) in [5, 5.41) is 2.83. The van der Waals surface area contributed by atoms with Crippen LogP contribution in [-0.2, 0) is 9.59 Å². The maximum absolute atomic E-state index is 12.5. The number of likely N-dealkylation sites (tertiary alicyclic amines) is 1. The van der Waals surface area contributed by atoms with Gasteiger partial charge in [0.25, 0.3) is 0 Å². The van der Waals surface area contributed by atoms with Crippen molar-refractivity contribution in [2.45, 2.75) is 52.2 Å². The molecule has 2 heterocycles. The number of carbonyl (C=O) groups excluding carboxylic acids is 3. The number of Topliss-reactive ketones (excluding diaryl/α,β-unsaturated/α-hetero) is 1. The summed E-state index contributed by atoms with van der Waals surface area (Å²) in [4.78, 5) is 38.5. The van der Waals surface area contributed by atoms with E-state index >= 15 is 0 Å². The Bertz CT molecular complexity index is 739. The second kappa shape index (κ2) is 6.17. The van der Waals surface area contributed by atoms with E-state index in [1.165, 1.54) is 0 Å². The molecule has 0 saturated carbocycles. The van der Waals surface area contributed by atoms with Crippen molar-refractivity contribution in [1.29, 1.82) is 0 Å². The Morgan fingerprint density at radius 1 is 1.32 bits per heavy atom. The van der Waals surface area contributed by atoms with E-state index in [2.05, 4.69) is 5.32 Å². The van der Waals surface area contributed by atoms with Gasteiger partial charge < -0.3 is 15.0 Å². The number of anilines is 1. The molecule has 2 amide bonds. The van der Waals surface area contributed by atoms with Crippen molar-refractivity contribution in [3.63, 3.8) is 0 Å². The molecule has 3 rings (SSSR count). The van der Waals surface area contributed by atoms with Gasteiger partial charge >= 0.3 is 0 Å². The summed E-state index contributed by atoms with van der Waals surface area (Å²) in [7, 11) is 0. The summed E-state index contributed by atoms with van der Waals surface area (Å²) < 4.78 is 5.82. The average Bonchev–Trinajstić information content (AvgIpc) is 2.89. The normalized spacial score (nSPS) is 22.0. The molecule has 0 spiro atoms. The lowest BCUT2D eigenvalue weighted by molar-refractivity contribution is -0.129. The van der Waals surface area contributed by atoms with Crippen LogP contribution in [0.3, 0.4) is 0 Å². The zero-order valence-corrected chi connectivity index (χ0v) is 15.1. The Hall–Kier alpha value is -2.37. The van der Waals surface area contributed by atoms with Crippen molar-refractivity contribution in [3.05, 3.63) is 23.8 Å². The predicted octanol–water partition coefficient (Wildman–Crippen LogP) is 2.63. The maximum Gasteiger partial charge on any atom is 0.229 e. The first-order valence-corrected chi connectivity index (χ1v) is 8.63. The summed E-state index contributed by atoms with van der Waals surface area (Å²) >= 11 is 0. The molecule has 1 aromatic rings. The number of carbonyl (C=O) groups is 3. The summed E-state index contributed by atoms with van der Waals surface area (Å²) in [6, 6.07) is 5.18. The molecule has 0 aliphatic carbocycles. The highest BCUT2D eigenvalue weighted by atomic mass is 16.5. The molecule has 1 unspecified atom stereocenters. The Morgan fingerprint density at radius 3 is 2.68 bits per heavy atom. The predicted molar refractivity (Wildman–Crippen MR) is 93.7 cm³/mol. The summed E-state index contributed by atoms with van der Waals surface area (Å²) in [6.45, 7) is 8.06. The van der Waals surface area contributed by atoms with Gasteiger partial charge in [0.05, 0.1) is 17.9 Å². The van der Waals surface area contributed by atoms with Gasteiger partial charge in [-0.3, -0.25) is 14.4 Å². The maximum atomic E-state index is 12.5. The minimum atomic E-state index is -0.515. The molecular weight excluding hydrogens is 320 g/mol. The molecule has 0 aromatic heterocycles. The van der Waals surface area contributed by atoms with Crippen LogP contribution in [0.15, 0.2) is 18.2 Å². The number of ketones is 1. The van der Waals surface area contributed by atoms with Crippen molar-refractivity contribution >= 4 is 23.3 Å². The minimum Gasteiger partial charge on any atom is -0.487 e. The molecule has 25 heavy (non-hydrogen) atoms. The van der Waals surface area contributed by atoms with E-state index in [1.54, 1.807) is 23.1 Å². The summed E-state index contributed by atoms with van der Waals surface area (Å²) in [5.41, 5.74) is 0.526. The number of fused-ring (bicyclic) bond motifs is 1. The van der Waals surface area contributed by atoms with Gasteiger partial charge in [0.1, 0.15) is 11.4 Å². The Kier molecular flexibility index (Phi) is 4.31. The Labute approximate surface area is 147 Å². The van der Waals surface area contributed by atoms with E-state index in [-0.39, 0.29) is 36.0 Å². The van der Waals surface area contributed by atoms with E-state index in [1.807, 2.05) is 27.7 Å². The molecule has 1 saturated heterocycles. The third kappa shape index (κ3) is 3.52. The van der Waals surface area contributed by atoms with Crippen LogP contribution in [0.2, 0.25) is 0 Å². The van der Waals surface area contributed by atoms with E-state index < -0.39 is 5.60 Å². The van der Waals surface area contributed by atoms with Crippen LogP contribution in [-0.4, -0.2) is 40.7 Å². The van der Waals surface area contributed by atoms with Crippen molar-refractivity contribution in [1.82, 2.24) is 4.90 Å². The van der Waals surface area contributed by atoms with Crippen molar-refractivity contribution in [2.75, 3.05) is 11.9 Å². The average molecular weight is 344 g/mol. The second-order valence-electron chi connectivity index (χ2n) is 7.70. The van der Waals surface area contributed by atoms with Gasteiger partial charge in [0.2, 0.25) is 11.8 Å². The van der Waals surface area contributed by atoms with Gasteiger partial charge in [0.15, 0.2) is 5.78 Å². The highest BCUT2D eigenvalue weighted by molar-refractivity contribution is 6.03. The van der Waals surface area contributed by atoms with E-state index in [4.69, 9.17) is 4.74 Å². The van der Waals surface area contributed by atoms with Crippen LogP contribution in [0.5, 0.6) is 5.75 Å². The molecule has 0 radical (unpaired) electrons. The first-order chi connectivity index (χ1) is 11.7. The lowest BCUT2D eigenvalue weighted by atomic mass is 9.93. The molecule has 134 valence electrons. The number of amides is 2. The highest BCUT2D eigenvalue weighted by Crippen LogP contribution is 2.34. The van der Waals surface area contributed by atoms with Gasteiger partial charge in [-0.25, -0.2) is 0 Å². The van der Waals surface area contributed by atoms with Crippen LogP contribution >= 0.6 is 0 Å². The van der Waals surface area contributed by atoms with Gasteiger partial charge in [-0.15, -0.1) is 0 Å². The third-order valence-corrected chi connectivity index (χ3v) is 4.67. The fourth-order valence-corrected chi connectivity index (χ4v) is 3.38. The number of nitrogens with one attached hydrogen (secondary N) is 1. The zero-order valence-electron chi connectivity index (χ0n) is 15.1. The van der Waals surface area contributed by atoms with Crippen LogP contribution in [0, 0.1) is 5.92 Å². The second-order valence-corrected chi connectivity index (χ2v) is 7.70. The standard InChI is InChI=1S/C19H24N2O4/c1-11(2)21-10-12(7-17(21)23)18(24)20-13-5-6-16-14(8-13)15(22)9-19(3,4)25-16/h5-6,8,11-12H,7,9-10H2,1-4H3,(H,20,24). The quantitative estimate of drug-likeness (QED) is 0.914. The van der Waals surface area contributed by atoms with E-state index in [0.717, 1.165) is 0 Å². The van der Waals surface area contributed by atoms with Gasteiger partial charge in [-0.1, -0.05) is 0 Å². The van der Waals surface area contributed by atoms with Crippen molar-refractivity contribution in [2.24, 2.45) is 5.92 Å². The fraction of sp³-hybridized carbons (Fsp3) is 0.526. The number of rotatable bonds is 3. The third-order valence-electron chi connectivity index (χ3n) is 4.67. The molecule has 1 atom stereocenters. The van der Waals surface area contributed by atoms with Gasteiger partial charge in [0, 0.05) is 24.7 Å². The first kappa shape index (κ1) is 17.5. The zero-order chi connectivity index (χ0) is 18.4. The van der Waals surface area contributed by atoms with E-state index in [0.29, 0.717) is 30.0 Å². The molecular formula is C19H24N2O4. The van der Waals surface area contributed by atoms with Crippen LogP contribution in [0.25, 0.3) is 0 Å². The molecule has 1 fully saturated rings. The highest BCUT2D eigenvalue weighted by Gasteiger charge is 2.36. The van der Waals surface area contributed by atoms with Crippen molar-refractivity contribution < 1.29 is 19.1 Å². The van der Waals surface area contributed by atoms with E-state index in [9.17, 15) is 14.4 Å². The summed E-state index contributed by atoms with van der Waals surface area (Å²) in [5.74, 6) is -0.00479. The number of nitrogens with zero attached hydrogens (tertiary/aromatic N) is 1. The largest absolute Gasteiger partial charge is 0.487 e. The minimum absolute atomic E-state index is 0.00405. The van der Waals surface area contributed by atoms with Crippen LogP contribution < -0.4 is 10.1 Å². The molecule has 6 nitrogen and oxygen atoms in total. The monoisotopic (exact) mass is 344 g/mol. The Morgan fingerprint density at radius 2 is 2.04 bits per heavy atom. The van der Waals surface area contributed by atoms with Crippen LogP contribution in [0.4, 0.5) is 5.69 Å². The molecule has 2 aliphatic rings. The summed E-state index contributed by atoms with van der Waals surface area (Å²) in [6.07, 6.45) is 0.531. The number of hydrogen-bond donors (Lipinski definition) is 1. The lowest BCUT2D eigenvalue weighted by Crippen LogP contribution is -2.36. The SMILES string of the molecule is CC(C)N1CC(C(=O)Nc2ccc3c(c2)C(=O)CC(C)(C)O3)CC1=O.